The van der Waals surface area contributed by atoms with E-state index in [1.807, 2.05) is 0 Å². The van der Waals surface area contributed by atoms with Gasteiger partial charge >= 0.3 is 12.4 Å². The normalized spacial score (nSPS) is 11.0. The minimum Gasteiger partial charge on any atom is -0.439 e. The van der Waals surface area contributed by atoms with E-state index in [0.717, 1.165) is 12.1 Å². The van der Waals surface area contributed by atoms with E-state index in [4.69, 9.17) is 4.74 Å². The number of amides is 2. The van der Waals surface area contributed by atoms with Crippen LogP contribution in [0.25, 0.3) is 5.82 Å². The second-order valence-electron chi connectivity index (χ2n) is 6.44. The van der Waals surface area contributed by atoms with Gasteiger partial charge in [-0.3, -0.25) is 0 Å². The van der Waals surface area contributed by atoms with Gasteiger partial charge in [-0.1, -0.05) is 0 Å². The highest BCUT2D eigenvalue weighted by molar-refractivity contribution is 5.99. The number of rotatable bonds is 6. The number of aromatic nitrogens is 4. The van der Waals surface area contributed by atoms with Crippen LogP contribution in [-0.4, -0.2) is 32.1 Å². The number of alkyl halides is 3. The molecule has 0 fully saturated rings. The van der Waals surface area contributed by atoms with Gasteiger partial charge in [0.2, 0.25) is 5.88 Å². The summed E-state index contributed by atoms with van der Waals surface area (Å²) in [7, 11) is 0. The number of ether oxygens (including phenoxy) is 2. The first-order valence-electron chi connectivity index (χ1n) is 9.38. The molecule has 12 heteroatoms. The number of anilines is 2. The molecule has 33 heavy (non-hydrogen) atoms. The number of carbonyl (C=O) groups is 1. The Kier molecular flexibility index (Phi) is 6.06. The zero-order valence-corrected chi connectivity index (χ0v) is 16.7. The molecule has 0 atom stereocenters. The number of hydrogen-bond acceptors (Lipinski definition) is 6. The Labute approximate surface area is 184 Å². The van der Waals surface area contributed by atoms with Crippen LogP contribution in [-0.2, 0) is 0 Å². The van der Waals surface area contributed by atoms with Crippen molar-refractivity contribution in [3.8, 4) is 23.2 Å². The van der Waals surface area contributed by atoms with E-state index >= 15 is 0 Å². The van der Waals surface area contributed by atoms with Gasteiger partial charge in [0.15, 0.2) is 5.82 Å². The molecule has 0 bridgehead atoms. The monoisotopic (exact) mass is 456 g/mol. The minimum absolute atomic E-state index is 0.290. The van der Waals surface area contributed by atoms with Gasteiger partial charge < -0.3 is 20.1 Å². The molecular weight excluding hydrogens is 441 g/mol. The fourth-order valence-electron chi connectivity index (χ4n) is 2.68. The van der Waals surface area contributed by atoms with Crippen LogP contribution in [0.15, 0.2) is 79.4 Å². The molecule has 0 spiro atoms. The Morgan fingerprint density at radius 3 is 2.12 bits per heavy atom. The van der Waals surface area contributed by atoms with E-state index in [1.165, 1.54) is 18.5 Å². The molecule has 0 aliphatic carbocycles. The Morgan fingerprint density at radius 1 is 0.909 bits per heavy atom. The quantitative estimate of drug-likeness (QED) is 0.423. The molecule has 4 rings (SSSR count). The highest BCUT2D eigenvalue weighted by atomic mass is 19.4. The van der Waals surface area contributed by atoms with Crippen LogP contribution < -0.4 is 20.1 Å². The zero-order valence-electron chi connectivity index (χ0n) is 16.7. The van der Waals surface area contributed by atoms with Crippen molar-refractivity contribution in [1.82, 2.24) is 19.7 Å². The van der Waals surface area contributed by atoms with Crippen LogP contribution in [0.4, 0.5) is 29.3 Å². The fourth-order valence-corrected chi connectivity index (χ4v) is 2.68. The van der Waals surface area contributed by atoms with Gasteiger partial charge in [-0.2, -0.15) is 5.10 Å². The van der Waals surface area contributed by atoms with Crippen molar-refractivity contribution in [3.05, 3.63) is 79.4 Å². The molecule has 2 aromatic heterocycles. The van der Waals surface area contributed by atoms with Crippen LogP contribution in [0, 0.1) is 0 Å². The largest absolute Gasteiger partial charge is 0.573 e. The van der Waals surface area contributed by atoms with Crippen molar-refractivity contribution in [2.45, 2.75) is 6.36 Å². The van der Waals surface area contributed by atoms with Crippen molar-refractivity contribution in [2.24, 2.45) is 0 Å². The molecule has 0 aliphatic rings. The van der Waals surface area contributed by atoms with Crippen LogP contribution in [0.3, 0.4) is 0 Å². The van der Waals surface area contributed by atoms with Gasteiger partial charge in [0.1, 0.15) is 17.8 Å². The van der Waals surface area contributed by atoms with Crippen LogP contribution in [0.2, 0.25) is 0 Å². The van der Waals surface area contributed by atoms with E-state index in [-0.39, 0.29) is 5.75 Å². The van der Waals surface area contributed by atoms with E-state index < -0.39 is 12.4 Å². The number of hydrogen-bond donors (Lipinski definition) is 2. The lowest BCUT2D eigenvalue weighted by atomic mass is 10.3. The number of nitrogens with one attached hydrogen (secondary N) is 2. The molecule has 2 aromatic carbocycles. The summed E-state index contributed by atoms with van der Waals surface area (Å²) in [6.45, 7) is 0. The smallest absolute Gasteiger partial charge is 0.439 e. The highest BCUT2D eigenvalue weighted by Gasteiger charge is 2.30. The van der Waals surface area contributed by atoms with Crippen molar-refractivity contribution >= 4 is 17.4 Å². The molecule has 0 unspecified atom stereocenters. The van der Waals surface area contributed by atoms with E-state index in [9.17, 15) is 18.0 Å². The Balaban J connectivity index is 1.32. The van der Waals surface area contributed by atoms with E-state index in [0.29, 0.717) is 28.8 Å². The van der Waals surface area contributed by atoms with Crippen LogP contribution in [0.5, 0.6) is 17.4 Å². The number of urea groups is 1. The van der Waals surface area contributed by atoms with Crippen molar-refractivity contribution < 1.29 is 27.4 Å². The van der Waals surface area contributed by atoms with Crippen molar-refractivity contribution in [2.75, 3.05) is 10.6 Å². The number of nitrogens with zero attached hydrogens (tertiary/aromatic N) is 4. The maximum Gasteiger partial charge on any atom is 0.573 e. The standard InChI is InChI=1S/C21H15F3N6O3/c22-21(23,24)33-17-8-4-15(5-9-17)29-20(31)28-14-2-6-16(7-3-14)32-19-12-18(25-13-26-19)30-11-1-10-27-30/h1-13H,(H2,28,29,31). The van der Waals surface area contributed by atoms with Gasteiger partial charge in [0, 0.05) is 29.8 Å². The summed E-state index contributed by atoms with van der Waals surface area (Å²) in [6.07, 6.45) is -0.0592. The number of carbonyl (C=O) groups excluding carboxylic acids is 1. The lowest BCUT2D eigenvalue weighted by molar-refractivity contribution is -0.274. The van der Waals surface area contributed by atoms with Crippen molar-refractivity contribution in [3.63, 3.8) is 0 Å². The number of halogens is 3. The molecule has 2 heterocycles. The van der Waals surface area contributed by atoms with Crippen LogP contribution in [0.1, 0.15) is 0 Å². The molecule has 4 aromatic rings. The third-order valence-electron chi connectivity index (χ3n) is 4.05. The van der Waals surface area contributed by atoms with Gasteiger partial charge in [-0.05, 0) is 54.6 Å². The molecule has 0 saturated carbocycles. The fraction of sp³-hybridized carbons (Fsp3) is 0.0476. The van der Waals surface area contributed by atoms with E-state index in [1.54, 1.807) is 53.5 Å². The first kappa shape index (κ1) is 21.6. The lowest BCUT2D eigenvalue weighted by Crippen LogP contribution is -2.19. The average molecular weight is 456 g/mol. The number of benzene rings is 2. The first-order valence-corrected chi connectivity index (χ1v) is 9.38. The molecule has 0 radical (unpaired) electrons. The SMILES string of the molecule is O=C(Nc1ccc(Oc2cc(-n3cccn3)ncn2)cc1)Nc1ccc(OC(F)(F)F)cc1. The molecule has 168 valence electrons. The predicted molar refractivity (Wildman–Crippen MR) is 111 cm³/mol. The molecular formula is C21H15F3N6O3. The lowest BCUT2D eigenvalue weighted by Gasteiger charge is -2.11. The second-order valence-corrected chi connectivity index (χ2v) is 6.44. The topological polar surface area (TPSA) is 103 Å². The van der Waals surface area contributed by atoms with Gasteiger partial charge in [0.25, 0.3) is 0 Å². The Morgan fingerprint density at radius 2 is 1.55 bits per heavy atom. The summed E-state index contributed by atoms with van der Waals surface area (Å²) in [4.78, 5) is 20.3. The predicted octanol–water partition coefficient (Wildman–Crippen LogP) is 5.00. The van der Waals surface area contributed by atoms with Gasteiger partial charge in [-0.25, -0.2) is 19.4 Å². The van der Waals surface area contributed by atoms with Gasteiger partial charge in [0.05, 0.1) is 0 Å². The minimum atomic E-state index is -4.78. The maximum absolute atomic E-state index is 12.2. The molecule has 0 saturated heterocycles. The maximum atomic E-state index is 12.2. The first-order chi connectivity index (χ1) is 15.8. The average Bonchev–Trinajstić information content (AvgIpc) is 3.31. The van der Waals surface area contributed by atoms with Crippen molar-refractivity contribution in [1.29, 1.82) is 0 Å². The summed E-state index contributed by atoms with van der Waals surface area (Å²) >= 11 is 0. The molecule has 2 amide bonds. The third-order valence-corrected chi connectivity index (χ3v) is 4.05. The second kappa shape index (κ2) is 9.26. The molecule has 0 aliphatic heterocycles. The third kappa shape index (κ3) is 6.19. The van der Waals surface area contributed by atoms with Gasteiger partial charge in [-0.15, -0.1) is 13.2 Å². The summed E-state index contributed by atoms with van der Waals surface area (Å²) in [5, 5.41) is 9.21. The van der Waals surface area contributed by atoms with E-state index in [2.05, 4.69) is 30.4 Å². The summed E-state index contributed by atoms with van der Waals surface area (Å²) in [5.74, 6) is 0.945. The molecule has 9 nitrogen and oxygen atoms in total. The summed E-state index contributed by atoms with van der Waals surface area (Å²) in [5.41, 5.74) is 0.760. The van der Waals surface area contributed by atoms with Crippen LogP contribution >= 0.6 is 0 Å². The summed E-state index contributed by atoms with van der Waals surface area (Å²) in [6, 6.07) is 14.1. The Hall–Kier alpha value is -4.61. The molecule has 2 N–H and O–H groups in total. The summed E-state index contributed by atoms with van der Waals surface area (Å²) < 4.78 is 47.7. The highest BCUT2D eigenvalue weighted by Crippen LogP contribution is 2.25. The Bertz CT molecular complexity index is 1210. The zero-order chi connectivity index (χ0) is 23.3.